The Kier molecular flexibility index (Phi) is 6.85. The first-order valence-electron chi connectivity index (χ1n) is 9.15. The quantitative estimate of drug-likeness (QED) is 0.555. The van der Waals surface area contributed by atoms with Gasteiger partial charge in [0.2, 0.25) is 5.91 Å². The summed E-state index contributed by atoms with van der Waals surface area (Å²) in [6.45, 7) is -2.96. The van der Waals surface area contributed by atoms with E-state index in [0.717, 1.165) is 5.56 Å². The lowest BCUT2D eigenvalue weighted by atomic mass is 10.0. The van der Waals surface area contributed by atoms with Gasteiger partial charge >= 0.3 is 6.61 Å². The Morgan fingerprint density at radius 3 is 2.33 bits per heavy atom. The van der Waals surface area contributed by atoms with Crippen LogP contribution in [0.2, 0.25) is 0 Å². The summed E-state index contributed by atoms with van der Waals surface area (Å²) < 4.78 is 40.7. The first-order chi connectivity index (χ1) is 14.5. The zero-order valence-corrected chi connectivity index (χ0v) is 16.5. The van der Waals surface area contributed by atoms with Gasteiger partial charge in [0, 0.05) is 16.8 Å². The van der Waals surface area contributed by atoms with Crippen molar-refractivity contribution >= 4 is 11.6 Å². The lowest BCUT2D eigenvalue weighted by molar-refractivity contribution is -0.115. The molecule has 0 unspecified atom stereocenters. The Balaban J connectivity index is 1.85. The van der Waals surface area contributed by atoms with E-state index in [0.29, 0.717) is 28.3 Å². The van der Waals surface area contributed by atoms with Crippen molar-refractivity contribution in [1.82, 2.24) is 0 Å². The smallest absolute Gasteiger partial charge is 0.387 e. The van der Waals surface area contributed by atoms with Crippen molar-refractivity contribution in [3.05, 3.63) is 72.3 Å². The fourth-order valence-electron chi connectivity index (χ4n) is 3.03. The molecule has 0 saturated heterocycles. The van der Waals surface area contributed by atoms with Gasteiger partial charge in [-0.15, -0.1) is 0 Å². The largest absolute Gasteiger partial charge is 0.497 e. The number of benzene rings is 3. The molecule has 0 saturated carbocycles. The maximum atomic E-state index is 12.8. The molecule has 30 heavy (non-hydrogen) atoms. The number of anilines is 1. The molecule has 3 aromatic rings. The minimum Gasteiger partial charge on any atom is -0.497 e. The van der Waals surface area contributed by atoms with Crippen LogP contribution < -0.4 is 19.5 Å². The van der Waals surface area contributed by atoms with Gasteiger partial charge in [0.1, 0.15) is 17.2 Å². The van der Waals surface area contributed by atoms with Crippen molar-refractivity contribution in [2.24, 2.45) is 0 Å². The summed E-state index contributed by atoms with van der Waals surface area (Å²) in [7, 11) is 3.08. The van der Waals surface area contributed by atoms with Gasteiger partial charge in [-0.1, -0.05) is 30.3 Å². The zero-order chi connectivity index (χ0) is 21.5. The van der Waals surface area contributed by atoms with Crippen molar-refractivity contribution in [3.63, 3.8) is 0 Å². The number of para-hydroxylation sites is 1. The van der Waals surface area contributed by atoms with E-state index in [1.807, 2.05) is 12.1 Å². The van der Waals surface area contributed by atoms with E-state index in [9.17, 15) is 13.6 Å². The lowest BCUT2D eigenvalue weighted by Crippen LogP contribution is -2.15. The van der Waals surface area contributed by atoms with Gasteiger partial charge < -0.3 is 19.5 Å². The van der Waals surface area contributed by atoms with Crippen molar-refractivity contribution in [3.8, 4) is 28.4 Å². The molecular weight excluding hydrogens is 392 g/mol. The van der Waals surface area contributed by atoms with Crippen LogP contribution in [0.5, 0.6) is 17.2 Å². The number of alkyl halides is 2. The molecule has 0 aromatic heterocycles. The summed E-state index contributed by atoms with van der Waals surface area (Å²) in [5.74, 6) is 1.00. The number of nitrogens with one attached hydrogen (secondary N) is 1. The van der Waals surface area contributed by atoms with Crippen LogP contribution in [0.3, 0.4) is 0 Å². The molecule has 7 heteroatoms. The van der Waals surface area contributed by atoms with Crippen molar-refractivity contribution in [1.29, 1.82) is 0 Å². The average molecular weight is 413 g/mol. The Labute approximate surface area is 173 Å². The molecule has 0 aliphatic carbocycles. The van der Waals surface area contributed by atoms with Crippen molar-refractivity contribution in [2.45, 2.75) is 13.0 Å². The molecule has 0 fully saturated rings. The summed E-state index contributed by atoms with van der Waals surface area (Å²) in [4.78, 5) is 12.5. The third-order valence-corrected chi connectivity index (χ3v) is 4.42. The predicted molar refractivity (Wildman–Crippen MR) is 110 cm³/mol. The van der Waals surface area contributed by atoms with Gasteiger partial charge in [-0.2, -0.15) is 8.78 Å². The highest BCUT2D eigenvalue weighted by Gasteiger charge is 2.14. The van der Waals surface area contributed by atoms with Crippen LogP contribution in [0.1, 0.15) is 5.56 Å². The van der Waals surface area contributed by atoms with E-state index >= 15 is 0 Å². The number of carbonyl (C=O) groups is 1. The van der Waals surface area contributed by atoms with E-state index in [1.165, 1.54) is 19.2 Å². The third-order valence-electron chi connectivity index (χ3n) is 4.42. The molecule has 1 amide bonds. The average Bonchev–Trinajstić information content (AvgIpc) is 2.75. The molecule has 156 valence electrons. The van der Waals surface area contributed by atoms with Crippen molar-refractivity contribution < 1.29 is 27.8 Å². The van der Waals surface area contributed by atoms with Gasteiger partial charge in [0.15, 0.2) is 0 Å². The summed E-state index contributed by atoms with van der Waals surface area (Å²) in [5.41, 5.74) is 2.27. The second-order valence-corrected chi connectivity index (χ2v) is 6.35. The van der Waals surface area contributed by atoms with Gasteiger partial charge in [0.05, 0.1) is 20.6 Å². The third kappa shape index (κ3) is 5.26. The molecule has 0 radical (unpaired) electrons. The van der Waals surface area contributed by atoms with Gasteiger partial charge in [-0.05, 0) is 42.0 Å². The molecule has 3 rings (SSSR count). The summed E-state index contributed by atoms with van der Waals surface area (Å²) in [5, 5.41) is 2.79. The summed E-state index contributed by atoms with van der Waals surface area (Å²) in [6.07, 6.45) is 0.108. The van der Waals surface area contributed by atoms with Crippen LogP contribution >= 0.6 is 0 Å². The number of halogens is 2. The molecule has 0 atom stereocenters. The molecule has 0 aliphatic rings. The fraction of sp³-hybridized carbons (Fsp3) is 0.174. The minimum absolute atomic E-state index is 0.0119. The number of ether oxygens (including phenoxy) is 3. The van der Waals surface area contributed by atoms with E-state index in [1.54, 1.807) is 49.6 Å². The molecule has 1 N–H and O–H groups in total. The van der Waals surface area contributed by atoms with Crippen LogP contribution in [-0.4, -0.2) is 26.7 Å². The van der Waals surface area contributed by atoms with E-state index in [2.05, 4.69) is 10.1 Å². The number of hydrogen-bond donors (Lipinski definition) is 1. The Hall–Kier alpha value is -3.61. The van der Waals surface area contributed by atoms with Crippen LogP contribution in [-0.2, 0) is 11.2 Å². The van der Waals surface area contributed by atoms with Crippen LogP contribution in [0.15, 0.2) is 66.7 Å². The van der Waals surface area contributed by atoms with E-state index in [-0.39, 0.29) is 18.1 Å². The molecule has 0 bridgehead atoms. The first-order valence-corrected chi connectivity index (χ1v) is 9.15. The summed E-state index contributed by atoms with van der Waals surface area (Å²) in [6, 6.07) is 18.6. The Morgan fingerprint density at radius 1 is 0.933 bits per heavy atom. The topological polar surface area (TPSA) is 56.8 Å². The monoisotopic (exact) mass is 413 g/mol. The maximum absolute atomic E-state index is 12.8. The highest BCUT2D eigenvalue weighted by molar-refractivity contribution is 5.93. The first kappa shape index (κ1) is 21.1. The molecule has 3 aromatic carbocycles. The van der Waals surface area contributed by atoms with Gasteiger partial charge in [-0.3, -0.25) is 4.79 Å². The maximum Gasteiger partial charge on any atom is 0.387 e. The van der Waals surface area contributed by atoms with Gasteiger partial charge in [0.25, 0.3) is 0 Å². The normalized spacial score (nSPS) is 10.6. The number of carbonyl (C=O) groups excluding carboxylic acids is 1. The second kappa shape index (κ2) is 9.73. The highest BCUT2D eigenvalue weighted by atomic mass is 19.3. The molecule has 5 nitrogen and oxygen atoms in total. The fourth-order valence-corrected chi connectivity index (χ4v) is 3.03. The van der Waals surface area contributed by atoms with Crippen LogP contribution in [0.25, 0.3) is 11.1 Å². The van der Waals surface area contributed by atoms with Gasteiger partial charge in [-0.25, -0.2) is 0 Å². The zero-order valence-electron chi connectivity index (χ0n) is 16.5. The second-order valence-electron chi connectivity index (χ2n) is 6.35. The SMILES string of the molecule is COc1ccc(-c2cc(NC(=O)Cc3ccccc3OC)ccc2OC(F)F)cc1. The number of hydrogen-bond acceptors (Lipinski definition) is 4. The molecular formula is C23H21F2NO4. The Morgan fingerprint density at radius 2 is 1.67 bits per heavy atom. The lowest BCUT2D eigenvalue weighted by Gasteiger charge is -2.14. The number of methoxy groups -OCH3 is 2. The minimum atomic E-state index is -2.96. The summed E-state index contributed by atoms with van der Waals surface area (Å²) >= 11 is 0. The molecule has 0 spiro atoms. The van der Waals surface area contributed by atoms with Crippen LogP contribution in [0.4, 0.5) is 14.5 Å². The molecule has 0 aliphatic heterocycles. The highest BCUT2D eigenvalue weighted by Crippen LogP contribution is 2.34. The predicted octanol–water partition coefficient (Wildman–Crippen LogP) is 5.15. The van der Waals surface area contributed by atoms with Crippen molar-refractivity contribution in [2.75, 3.05) is 19.5 Å². The Bertz CT molecular complexity index is 1010. The number of rotatable bonds is 8. The van der Waals surface area contributed by atoms with E-state index < -0.39 is 6.61 Å². The number of amides is 1. The van der Waals surface area contributed by atoms with Crippen LogP contribution in [0, 0.1) is 0 Å². The molecule has 0 heterocycles. The standard InChI is InChI=1S/C23H21F2NO4/c1-28-18-10-7-15(8-11-18)19-14-17(9-12-21(19)30-23(24)25)26-22(27)13-16-5-3-4-6-20(16)29-2/h3-12,14,23H,13H2,1-2H3,(H,26,27). The van der Waals surface area contributed by atoms with E-state index in [4.69, 9.17) is 9.47 Å².